The Morgan fingerprint density at radius 3 is 2.47 bits per heavy atom. The molecular formula is C30H50O2. The van der Waals surface area contributed by atoms with E-state index < -0.39 is 0 Å². The number of carbonyl (C=O) groups excluding carboxylic acids is 1. The summed E-state index contributed by atoms with van der Waals surface area (Å²) in [5, 5.41) is 0. The van der Waals surface area contributed by atoms with Gasteiger partial charge in [0.2, 0.25) is 0 Å². The molecule has 4 aliphatic carbocycles. The van der Waals surface area contributed by atoms with Gasteiger partial charge in [-0.1, -0.05) is 66.0 Å². The smallest absolute Gasteiger partial charge is 0.302 e. The summed E-state index contributed by atoms with van der Waals surface area (Å²) in [5.74, 6) is 5.96. The number of rotatable bonds is 6. The van der Waals surface area contributed by atoms with Crippen LogP contribution in [0.25, 0.3) is 0 Å². The van der Waals surface area contributed by atoms with Gasteiger partial charge in [-0.2, -0.15) is 0 Å². The first-order chi connectivity index (χ1) is 15.1. The zero-order valence-electron chi connectivity index (χ0n) is 22.1. The van der Waals surface area contributed by atoms with Crippen LogP contribution in [0.2, 0.25) is 0 Å². The fraction of sp³-hybridized carbons (Fsp3) is 0.900. The molecule has 0 aromatic heterocycles. The Morgan fingerprint density at radius 1 is 1.03 bits per heavy atom. The van der Waals surface area contributed by atoms with Gasteiger partial charge in [-0.15, -0.1) is 0 Å². The third-order valence-electron chi connectivity index (χ3n) is 11.4. The first kappa shape index (κ1) is 24.3. The number of fused-ring (bicyclic) bond motifs is 5. The normalized spacial score (nSPS) is 43.0. The van der Waals surface area contributed by atoms with Crippen LogP contribution in [0, 0.1) is 52.3 Å². The van der Waals surface area contributed by atoms with Crippen LogP contribution in [0.15, 0.2) is 11.6 Å². The first-order valence-electron chi connectivity index (χ1n) is 13.9. The molecule has 0 spiro atoms. The van der Waals surface area contributed by atoms with Gasteiger partial charge in [-0.05, 0) is 97.2 Å². The lowest BCUT2D eigenvalue weighted by molar-refractivity contribution is -0.148. The Hall–Kier alpha value is -0.790. The van der Waals surface area contributed by atoms with Crippen LogP contribution in [-0.4, -0.2) is 12.1 Å². The molecule has 1 unspecified atom stereocenters. The fourth-order valence-corrected chi connectivity index (χ4v) is 9.00. The molecule has 0 amide bonds. The molecule has 4 aliphatic rings. The minimum atomic E-state index is -0.116. The van der Waals surface area contributed by atoms with Crippen molar-refractivity contribution in [3.8, 4) is 0 Å². The van der Waals surface area contributed by atoms with Gasteiger partial charge in [-0.3, -0.25) is 4.79 Å². The second-order valence-electron chi connectivity index (χ2n) is 13.2. The van der Waals surface area contributed by atoms with Crippen LogP contribution in [0.5, 0.6) is 0 Å². The average Bonchev–Trinajstić information content (AvgIpc) is 3.08. The number of ether oxygens (including phenoxy) is 1. The van der Waals surface area contributed by atoms with E-state index >= 15 is 0 Å². The monoisotopic (exact) mass is 442 g/mol. The fourth-order valence-electron chi connectivity index (χ4n) is 9.00. The van der Waals surface area contributed by atoms with Crippen LogP contribution in [-0.2, 0) is 9.53 Å². The molecule has 0 aromatic carbocycles. The van der Waals surface area contributed by atoms with Crippen LogP contribution in [0.4, 0.5) is 0 Å². The predicted molar refractivity (Wildman–Crippen MR) is 133 cm³/mol. The topological polar surface area (TPSA) is 26.3 Å². The zero-order chi connectivity index (χ0) is 23.3. The van der Waals surface area contributed by atoms with Gasteiger partial charge in [-0.25, -0.2) is 0 Å². The molecule has 3 saturated carbocycles. The highest BCUT2D eigenvalue weighted by Gasteiger charge is 2.59. The SMILES string of the molecule is CC(=O)O[C@H]1CC[C@@]2(C)C(=CCC3[C@@H]4CC[C@H]([C@H](C)CC[C@H](C)C(C)C)[C@@]4(C)CC[C@@H]32)C1. The summed E-state index contributed by atoms with van der Waals surface area (Å²) in [6, 6.07) is 0. The van der Waals surface area contributed by atoms with Crippen molar-refractivity contribution in [3.63, 3.8) is 0 Å². The minimum Gasteiger partial charge on any atom is -0.462 e. The van der Waals surface area contributed by atoms with E-state index in [1.54, 1.807) is 12.5 Å². The Bertz CT molecular complexity index is 722. The van der Waals surface area contributed by atoms with E-state index in [0.717, 1.165) is 54.3 Å². The molecule has 32 heavy (non-hydrogen) atoms. The van der Waals surface area contributed by atoms with Crippen molar-refractivity contribution >= 4 is 5.97 Å². The van der Waals surface area contributed by atoms with Crippen molar-refractivity contribution in [2.24, 2.45) is 52.3 Å². The second kappa shape index (κ2) is 9.10. The Morgan fingerprint density at radius 2 is 1.78 bits per heavy atom. The van der Waals surface area contributed by atoms with Crippen molar-refractivity contribution in [2.45, 2.75) is 119 Å². The molecule has 182 valence electrons. The summed E-state index contributed by atoms with van der Waals surface area (Å²) in [4.78, 5) is 11.5. The van der Waals surface area contributed by atoms with Gasteiger partial charge >= 0.3 is 5.97 Å². The summed E-state index contributed by atoms with van der Waals surface area (Å²) < 4.78 is 5.62. The van der Waals surface area contributed by atoms with E-state index in [0.29, 0.717) is 10.8 Å². The zero-order valence-corrected chi connectivity index (χ0v) is 22.1. The van der Waals surface area contributed by atoms with E-state index in [1.807, 2.05) is 0 Å². The molecule has 3 fully saturated rings. The highest BCUT2D eigenvalue weighted by molar-refractivity contribution is 5.66. The number of allylic oxidation sites excluding steroid dienone is 1. The van der Waals surface area contributed by atoms with E-state index in [9.17, 15) is 4.79 Å². The van der Waals surface area contributed by atoms with Gasteiger partial charge in [0.1, 0.15) is 6.10 Å². The summed E-state index contributed by atoms with van der Waals surface area (Å²) in [6.45, 7) is 16.6. The number of carbonyl (C=O) groups is 1. The van der Waals surface area contributed by atoms with Crippen molar-refractivity contribution in [1.82, 2.24) is 0 Å². The minimum absolute atomic E-state index is 0.113. The second-order valence-corrected chi connectivity index (χ2v) is 13.2. The summed E-state index contributed by atoms with van der Waals surface area (Å²) in [6.07, 6.45) is 15.8. The molecule has 0 aliphatic heterocycles. The van der Waals surface area contributed by atoms with Crippen molar-refractivity contribution in [1.29, 1.82) is 0 Å². The van der Waals surface area contributed by atoms with Crippen LogP contribution in [0.3, 0.4) is 0 Å². The maximum absolute atomic E-state index is 11.5. The predicted octanol–water partition coefficient (Wildman–Crippen LogP) is 8.21. The van der Waals surface area contributed by atoms with Crippen LogP contribution < -0.4 is 0 Å². The van der Waals surface area contributed by atoms with Crippen molar-refractivity contribution in [2.75, 3.05) is 0 Å². The lowest BCUT2D eigenvalue weighted by Gasteiger charge is -2.58. The van der Waals surface area contributed by atoms with Crippen LogP contribution >= 0.6 is 0 Å². The molecule has 0 aromatic rings. The number of hydrogen-bond acceptors (Lipinski definition) is 2. The lowest BCUT2D eigenvalue weighted by Crippen LogP contribution is -2.51. The molecule has 0 bridgehead atoms. The van der Waals surface area contributed by atoms with Gasteiger partial charge in [0, 0.05) is 13.3 Å². The summed E-state index contributed by atoms with van der Waals surface area (Å²) in [5.41, 5.74) is 2.51. The maximum Gasteiger partial charge on any atom is 0.302 e. The van der Waals surface area contributed by atoms with Gasteiger partial charge < -0.3 is 4.74 Å². The Balaban J connectivity index is 1.46. The third kappa shape index (κ3) is 4.22. The molecule has 0 saturated heterocycles. The van der Waals surface area contributed by atoms with E-state index in [-0.39, 0.29) is 12.1 Å². The third-order valence-corrected chi connectivity index (χ3v) is 11.4. The van der Waals surface area contributed by atoms with Gasteiger partial charge in [0.15, 0.2) is 0 Å². The molecule has 0 N–H and O–H groups in total. The van der Waals surface area contributed by atoms with Gasteiger partial charge in [0.05, 0.1) is 0 Å². The van der Waals surface area contributed by atoms with E-state index in [4.69, 9.17) is 4.74 Å². The van der Waals surface area contributed by atoms with E-state index in [2.05, 4.69) is 47.6 Å². The summed E-state index contributed by atoms with van der Waals surface area (Å²) >= 11 is 0. The number of esters is 1. The van der Waals surface area contributed by atoms with Crippen LogP contribution in [0.1, 0.15) is 113 Å². The average molecular weight is 443 g/mol. The molecule has 9 atom stereocenters. The molecule has 0 heterocycles. The quantitative estimate of drug-likeness (QED) is 0.306. The van der Waals surface area contributed by atoms with Gasteiger partial charge in [0.25, 0.3) is 0 Å². The lowest BCUT2D eigenvalue weighted by atomic mass is 9.47. The molecule has 2 nitrogen and oxygen atoms in total. The molecule has 2 heteroatoms. The summed E-state index contributed by atoms with van der Waals surface area (Å²) in [7, 11) is 0. The maximum atomic E-state index is 11.5. The van der Waals surface area contributed by atoms with Crippen molar-refractivity contribution < 1.29 is 9.53 Å². The Labute approximate surface area is 198 Å². The highest BCUT2D eigenvalue weighted by Crippen LogP contribution is 2.67. The number of hydrogen-bond donors (Lipinski definition) is 0. The molecule has 4 rings (SSSR count). The largest absolute Gasteiger partial charge is 0.462 e. The van der Waals surface area contributed by atoms with Crippen molar-refractivity contribution in [3.05, 3.63) is 11.6 Å². The standard InChI is InChI=1S/C30H50O2/c1-19(2)20(3)8-9-21(4)26-12-13-27-25-11-10-23-18-24(32-22(5)31)14-16-29(23,6)28(25)15-17-30(26,27)7/h10,19-21,24-28H,8-9,11-18H2,1-7H3/t20-,21+,24-,25?,26+,27-,28-,29-,30+/m0/s1. The molecule has 0 radical (unpaired) electrons. The first-order valence-corrected chi connectivity index (χ1v) is 13.9. The van der Waals surface area contributed by atoms with E-state index in [1.165, 1.54) is 51.4 Å². The Kier molecular flexibility index (Phi) is 6.92. The molecular weight excluding hydrogens is 392 g/mol. The highest BCUT2D eigenvalue weighted by atomic mass is 16.5.